The Balaban J connectivity index is 0. The fraction of sp³-hybridized carbons (Fsp3) is 0.533. The Labute approximate surface area is 106 Å². The predicted molar refractivity (Wildman–Crippen MR) is 76.2 cm³/mol. The molecule has 2 nitrogen and oxygen atoms in total. The Morgan fingerprint density at radius 1 is 1.12 bits per heavy atom. The van der Waals surface area contributed by atoms with Crippen LogP contribution in [0.5, 0.6) is 0 Å². The van der Waals surface area contributed by atoms with Gasteiger partial charge in [-0.2, -0.15) is 0 Å². The first-order chi connectivity index (χ1) is 8.09. The summed E-state index contributed by atoms with van der Waals surface area (Å²) in [6.45, 7) is 11.6. The average molecular weight is 237 g/mol. The highest BCUT2D eigenvalue weighted by atomic mass is 16.1. The van der Waals surface area contributed by atoms with Gasteiger partial charge in [-0.05, 0) is 25.8 Å². The standard InChI is InChI=1S/C11H15NO.2C2H6/c1-8-3-5-10(6-4-8)7-11(12)9(2)13;2*1-2/h3-6,11H,7,12H2,1-2H3;2*1-2H3. The number of nitrogens with two attached hydrogens (primary N) is 1. The van der Waals surface area contributed by atoms with Gasteiger partial charge in [0.1, 0.15) is 5.78 Å². The summed E-state index contributed by atoms with van der Waals surface area (Å²) in [7, 11) is 0. The quantitative estimate of drug-likeness (QED) is 0.874. The molecular weight excluding hydrogens is 210 g/mol. The molecule has 0 bridgehead atoms. The van der Waals surface area contributed by atoms with Crippen LogP contribution in [-0.2, 0) is 11.2 Å². The van der Waals surface area contributed by atoms with Gasteiger partial charge in [-0.3, -0.25) is 4.79 Å². The number of hydrogen-bond acceptors (Lipinski definition) is 2. The molecule has 1 aromatic rings. The van der Waals surface area contributed by atoms with Gasteiger partial charge in [0, 0.05) is 0 Å². The van der Waals surface area contributed by atoms with E-state index in [1.807, 2.05) is 58.9 Å². The zero-order valence-corrected chi connectivity index (χ0v) is 12.1. The van der Waals surface area contributed by atoms with Crippen molar-refractivity contribution in [1.82, 2.24) is 0 Å². The molecule has 17 heavy (non-hydrogen) atoms. The molecule has 1 unspecified atom stereocenters. The van der Waals surface area contributed by atoms with Crippen LogP contribution in [0.15, 0.2) is 24.3 Å². The van der Waals surface area contributed by atoms with Crippen LogP contribution in [-0.4, -0.2) is 11.8 Å². The molecule has 0 aliphatic rings. The minimum absolute atomic E-state index is 0.0422. The Kier molecular flexibility index (Phi) is 12.2. The average Bonchev–Trinajstić information content (AvgIpc) is 2.37. The van der Waals surface area contributed by atoms with Gasteiger partial charge >= 0.3 is 0 Å². The second-order valence-corrected chi connectivity index (χ2v) is 3.41. The summed E-state index contributed by atoms with van der Waals surface area (Å²) in [5, 5.41) is 0. The third kappa shape index (κ3) is 8.64. The molecule has 0 fully saturated rings. The Morgan fingerprint density at radius 2 is 1.53 bits per heavy atom. The maximum absolute atomic E-state index is 10.9. The third-order valence-electron chi connectivity index (χ3n) is 2.10. The second-order valence-electron chi connectivity index (χ2n) is 3.41. The molecule has 1 rings (SSSR count). The molecule has 0 radical (unpaired) electrons. The van der Waals surface area contributed by atoms with Crippen LogP contribution in [0, 0.1) is 6.92 Å². The van der Waals surface area contributed by atoms with Gasteiger partial charge in [0.25, 0.3) is 0 Å². The number of aryl methyl sites for hydroxylation is 1. The number of benzene rings is 1. The van der Waals surface area contributed by atoms with E-state index in [1.165, 1.54) is 12.5 Å². The van der Waals surface area contributed by atoms with Crippen molar-refractivity contribution >= 4 is 5.78 Å². The summed E-state index contributed by atoms with van der Waals surface area (Å²) < 4.78 is 0. The molecule has 0 saturated heterocycles. The molecule has 2 N–H and O–H groups in total. The summed E-state index contributed by atoms with van der Waals surface area (Å²) in [4.78, 5) is 10.9. The minimum atomic E-state index is -0.359. The first-order valence-electron chi connectivity index (χ1n) is 6.41. The van der Waals surface area contributed by atoms with Crippen molar-refractivity contribution < 1.29 is 4.79 Å². The van der Waals surface area contributed by atoms with Gasteiger partial charge < -0.3 is 5.73 Å². The van der Waals surface area contributed by atoms with Crippen LogP contribution in [0.4, 0.5) is 0 Å². The Bertz CT molecular complexity index is 290. The normalized spacial score (nSPS) is 10.3. The molecule has 0 aliphatic heterocycles. The molecule has 0 spiro atoms. The summed E-state index contributed by atoms with van der Waals surface area (Å²) in [5.74, 6) is 0.0422. The zero-order chi connectivity index (χ0) is 13.8. The van der Waals surface area contributed by atoms with E-state index in [9.17, 15) is 4.79 Å². The maximum atomic E-state index is 10.9. The summed E-state index contributed by atoms with van der Waals surface area (Å²) in [6, 6.07) is 7.73. The van der Waals surface area contributed by atoms with Crippen LogP contribution in [0.1, 0.15) is 45.7 Å². The minimum Gasteiger partial charge on any atom is -0.321 e. The molecule has 1 aromatic carbocycles. The van der Waals surface area contributed by atoms with Crippen molar-refractivity contribution in [2.45, 2.75) is 54.0 Å². The van der Waals surface area contributed by atoms with Gasteiger partial charge in [-0.25, -0.2) is 0 Å². The van der Waals surface area contributed by atoms with Gasteiger partial charge in [0.2, 0.25) is 0 Å². The van der Waals surface area contributed by atoms with E-state index in [0.717, 1.165) is 5.56 Å². The molecule has 0 heterocycles. The number of carbonyl (C=O) groups excluding carboxylic acids is 1. The highest BCUT2D eigenvalue weighted by molar-refractivity contribution is 5.81. The second kappa shape index (κ2) is 11.3. The molecule has 1 atom stereocenters. The van der Waals surface area contributed by atoms with Crippen LogP contribution >= 0.6 is 0 Å². The summed E-state index contributed by atoms with van der Waals surface area (Å²) in [6.07, 6.45) is 0.635. The Hall–Kier alpha value is -1.15. The number of carbonyl (C=O) groups is 1. The Morgan fingerprint density at radius 3 is 1.88 bits per heavy atom. The molecule has 0 aliphatic carbocycles. The van der Waals surface area contributed by atoms with E-state index in [2.05, 4.69) is 0 Å². The van der Waals surface area contributed by atoms with Crippen molar-refractivity contribution in [3.05, 3.63) is 35.4 Å². The monoisotopic (exact) mass is 237 g/mol. The largest absolute Gasteiger partial charge is 0.321 e. The highest BCUT2D eigenvalue weighted by Crippen LogP contribution is 2.05. The van der Waals surface area contributed by atoms with Crippen LogP contribution in [0.2, 0.25) is 0 Å². The smallest absolute Gasteiger partial charge is 0.146 e. The SMILES string of the molecule is CC.CC.CC(=O)C(N)Cc1ccc(C)cc1. The molecular formula is C15H27NO. The van der Waals surface area contributed by atoms with Gasteiger partial charge in [0.05, 0.1) is 6.04 Å². The fourth-order valence-corrected chi connectivity index (χ4v) is 1.12. The highest BCUT2D eigenvalue weighted by Gasteiger charge is 2.07. The summed E-state index contributed by atoms with van der Waals surface area (Å²) in [5.41, 5.74) is 7.98. The lowest BCUT2D eigenvalue weighted by Gasteiger charge is -2.07. The van der Waals surface area contributed by atoms with E-state index in [4.69, 9.17) is 5.73 Å². The van der Waals surface area contributed by atoms with E-state index in [1.54, 1.807) is 0 Å². The van der Waals surface area contributed by atoms with Crippen LogP contribution in [0.3, 0.4) is 0 Å². The van der Waals surface area contributed by atoms with Crippen LogP contribution < -0.4 is 5.73 Å². The van der Waals surface area contributed by atoms with E-state index in [-0.39, 0.29) is 11.8 Å². The molecule has 2 heteroatoms. The topological polar surface area (TPSA) is 43.1 Å². The number of hydrogen-bond donors (Lipinski definition) is 1. The van der Waals surface area contributed by atoms with Crippen molar-refractivity contribution in [3.8, 4) is 0 Å². The zero-order valence-electron chi connectivity index (χ0n) is 12.1. The van der Waals surface area contributed by atoms with Gasteiger partial charge in [-0.1, -0.05) is 57.5 Å². The van der Waals surface area contributed by atoms with Crippen LogP contribution in [0.25, 0.3) is 0 Å². The summed E-state index contributed by atoms with van der Waals surface area (Å²) >= 11 is 0. The maximum Gasteiger partial charge on any atom is 0.146 e. The van der Waals surface area contributed by atoms with Gasteiger partial charge in [-0.15, -0.1) is 0 Å². The van der Waals surface area contributed by atoms with Crippen molar-refractivity contribution in [1.29, 1.82) is 0 Å². The molecule has 98 valence electrons. The van der Waals surface area contributed by atoms with E-state index < -0.39 is 0 Å². The lowest BCUT2D eigenvalue weighted by atomic mass is 10.0. The third-order valence-corrected chi connectivity index (χ3v) is 2.10. The molecule has 0 saturated carbocycles. The van der Waals surface area contributed by atoms with Crippen molar-refractivity contribution in [3.63, 3.8) is 0 Å². The van der Waals surface area contributed by atoms with Gasteiger partial charge in [0.15, 0.2) is 0 Å². The number of ketones is 1. The number of rotatable bonds is 3. The van der Waals surface area contributed by atoms with Crippen molar-refractivity contribution in [2.75, 3.05) is 0 Å². The fourth-order valence-electron chi connectivity index (χ4n) is 1.12. The molecule has 0 amide bonds. The molecule has 0 aromatic heterocycles. The first-order valence-corrected chi connectivity index (χ1v) is 6.41. The first kappa shape index (κ1) is 18.2. The lowest BCUT2D eigenvalue weighted by molar-refractivity contribution is -0.118. The van der Waals surface area contributed by atoms with E-state index in [0.29, 0.717) is 6.42 Å². The number of Topliss-reactive ketones (excluding diaryl/α,β-unsaturated/α-hetero) is 1. The van der Waals surface area contributed by atoms with E-state index >= 15 is 0 Å². The predicted octanol–water partition coefficient (Wildman–Crippen LogP) is 3.51. The lowest BCUT2D eigenvalue weighted by Crippen LogP contribution is -2.30. The van der Waals surface area contributed by atoms with Crippen molar-refractivity contribution in [2.24, 2.45) is 5.73 Å².